The maximum atomic E-state index is 13.4. The second kappa shape index (κ2) is 8.20. The summed E-state index contributed by atoms with van der Waals surface area (Å²) in [5.41, 5.74) is 5.09. The van der Waals surface area contributed by atoms with E-state index in [0.29, 0.717) is 17.6 Å². The molecule has 2 aromatic rings. The van der Waals surface area contributed by atoms with E-state index in [2.05, 4.69) is 23.5 Å². The van der Waals surface area contributed by atoms with E-state index in [-0.39, 0.29) is 17.8 Å². The molecule has 0 saturated carbocycles. The van der Waals surface area contributed by atoms with Gasteiger partial charge < -0.3 is 10.1 Å². The minimum atomic E-state index is -0.398. The number of dihydropyridines is 1. The molecule has 0 amide bonds. The molecule has 152 valence electrons. The summed E-state index contributed by atoms with van der Waals surface area (Å²) in [5.74, 6) is 0.571. The molecule has 2 aromatic carbocycles. The third-order valence-corrected chi connectivity index (χ3v) is 5.81. The zero-order valence-corrected chi connectivity index (χ0v) is 17.6. The average molecular weight is 399 g/mol. The number of Topliss-reactive ketones (excluding diaryl/α,β-unsaturated/α-hetero) is 1. The van der Waals surface area contributed by atoms with Crippen LogP contribution in [0.1, 0.15) is 56.6 Å². The van der Waals surface area contributed by atoms with Gasteiger partial charge in [-0.2, -0.15) is 5.26 Å². The summed E-state index contributed by atoms with van der Waals surface area (Å²) in [6.07, 6.45) is 1.21. The first-order chi connectivity index (χ1) is 14.5. The van der Waals surface area contributed by atoms with E-state index in [1.54, 1.807) is 0 Å². The minimum Gasteiger partial charge on any atom is -0.491 e. The average Bonchev–Trinajstić information content (AvgIpc) is 2.73. The molecule has 0 spiro atoms. The first-order valence-electron chi connectivity index (χ1n) is 10.4. The summed E-state index contributed by atoms with van der Waals surface area (Å²) in [4.78, 5) is 13.4. The lowest BCUT2D eigenvalue weighted by Crippen LogP contribution is -2.33. The van der Waals surface area contributed by atoms with E-state index >= 15 is 0 Å². The van der Waals surface area contributed by atoms with Gasteiger partial charge in [0.15, 0.2) is 5.78 Å². The van der Waals surface area contributed by atoms with Crippen molar-refractivity contribution in [3.05, 3.63) is 88.3 Å². The summed E-state index contributed by atoms with van der Waals surface area (Å²) in [5, 5.41) is 13.3. The summed E-state index contributed by atoms with van der Waals surface area (Å²) in [7, 11) is 0. The number of carbonyl (C=O) groups excluding carboxylic acids is 1. The van der Waals surface area contributed by atoms with Gasteiger partial charge in [-0.3, -0.25) is 4.79 Å². The molecule has 2 atom stereocenters. The molecule has 0 fully saturated rings. The van der Waals surface area contributed by atoms with Crippen LogP contribution < -0.4 is 10.1 Å². The fourth-order valence-corrected chi connectivity index (χ4v) is 4.54. The van der Waals surface area contributed by atoms with E-state index in [9.17, 15) is 10.1 Å². The summed E-state index contributed by atoms with van der Waals surface area (Å²) in [6, 6.07) is 20.3. The zero-order chi connectivity index (χ0) is 21.3. The van der Waals surface area contributed by atoms with Crippen molar-refractivity contribution in [1.29, 1.82) is 5.26 Å². The van der Waals surface area contributed by atoms with Crippen molar-refractivity contribution < 1.29 is 9.53 Å². The number of carbonyl (C=O) groups is 1. The second-order valence-corrected chi connectivity index (χ2v) is 8.24. The Morgan fingerprint density at radius 1 is 1.07 bits per heavy atom. The van der Waals surface area contributed by atoms with Gasteiger partial charge in [0.25, 0.3) is 0 Å². The third kappa shape index (κ3) is 3.64. The molecular weight excluding hydrogens is 372 g/mol. The number of nitrogens with zero attached hydrogens (tertiary/aromatic N) is 1. The maximum absolute atomic E-state index is 13.4. The predicted molar refractivity (Wildman–Crippen MR) is 117 cm³/mol. The second-order valence-electron chi connectivity index (χ2n) is 8.24. The van der Waals surface area contributed by atoms with Gasteiger partial charge in [0.05, 0.1) is 23.7 Å². The van der Waals surface area contributed by atoms with Crippen LogP contribution in [0.15, 0.2) is 77.1 Å². The first kappa shape index (κ1) is 20.0. The quantitative estimate of drug-likeness (QED) is 0.753. The largest absolute Gasteiger partial charge is 0.491 e. The molecule has 1 aliphatic carbocycles. The molecule has 0 unspecified atom stereocenters. The van der Waals surface area contributed by atoms with Crippen molar-refractivity contribution in [1.82, 2.24) is 5.32 Å². The van der Waals surface area contributed by atoms with E-state index < -0.39 is 5.92 Å². The first-order valence-corrected chi connectivity index (χ1v) is 10.4. The topological polar surface area (TPSA) is 62.1 Å². The number of benzene rings is 2. The number of hydrogen-bond acceptors (Lipinski definition) is 4. The van der Waals surface area contributed by atoms with Crippen LogP contribution in [-0.2, 0) is 4.79 Å². The Bertz CT molecular complexity index is 1070. The van der Waals surface area contributed by atoms with E-state index in [0.717, 1.165) is 29.1 Å². The summed E-state index contributed by atoms with van der Waals surface area (Å²) >= 11 is 0. The Labute approximate surface area is 177 Å². The molecule has 30 heavy (non-hydrogen) atoms. The van der Waals surface area contributed by atoms with Crippen molar-refractivity contribution in [2.24, 2.45) is 0 Å². The molecule has 0 radical (unpaired) electrons. The smallest absolute Gasteiger partial charge is 0.162 e. The number of allylic oxidation sites excluding steroid dienone is 4. The lowest BCUT2D eigenvalue weighted by Gasteiger charge is -2.36. The monoisotopic (exact) mass is 398 g/mol. The molecule has 4 heteroatoms. The number of para-hydroxylation sites is 1. The molecule has 4 nitrogen and oxygen atoms in total. The highest BCUT2D eigenvalue weighted by Gasteiger charge is 2.39. The van der Waals surface area contributed by atoms with Crippen LogP contribution in [0.25, 0.3) is 0 Å². The van der Waals surface area contributed by atoms with Crippen LogP contribution in [0.2, 0.25) is 0 Å². The SMILES string of the molecule is CC1=C(C#N)[C@H](c2ccccc2OC(C)C)C2=C(C[C@H](c3ccccc3)CC2=O)N1. The number of nitriles is 1. The minimum absolute atomic E-state index is 0.00134. The van der Waals surface area contributed by atoms with Crippen LogP contribution in [0.3, 0.4) is 0 Å². The number of ether oxygens (including phenoxy) is 1. The van der Waals surface area contributed by atoms with Gasteiger partial charge in [0.2, 0.25) is 0 Å². The lowest BCUT2D eigenvalue weighted by molar-refractivity contribution is -0.116. The number of nitrogens with one attached hydrogen (secondary N) is 1. The van der Waals surface area contributed by atoms with E-state index in [4.69, 9.17) is 4.74 Å². The molecule has 1 N–H and O–H groups in total. The Morgan fingerprint density at radius 2 is 1.77 bits per heavy atom. The standard InChI is InChI=1S/C26H26N2O2/c1-16(2)30-24-12-8-7-11-20(24)25-21(15-27)17(3)28-22-13-19(14-23(29)26(22)25)18-9-5-4-6-10-18/h4-12,16,19,25,28H,13-14H2,1-3H3/t19-,25-/m0/s1. The Hall–Kier alpha value is -3.32. The lowest BCUT2D eigenvalue weighted by atomic mass is 9.72. The van der Waals surface area contributed by atoms with Crippen LogP contribution in [0.5, 0.6) is 5.75 Å². The van der Waals surface area contributed by atoms with Gasteiger partial charge in [0, 0.05) is 29.0 Å². The Balaban J connectivity index is 1.81. The molecule has 4 rings (SSSR count). The van der Waals surface area contributed by atoms with Crippen molar-refractivity contribution in [2.45, 2.75) is 51.6 Å². The zero-order valence-electron chi connectivity index (χ0n) is 17.6. The number of ketones is 1. The summed E-state index contributed by atoms with van der Waals surface area (Å²) < 4.78 is 6.05. The van der Waals surface area contributed by atoms with Crippen molar-refractivity contribution in [2.75, 3.05) is 0 Å². The molecule has 0 saturated heterocycles. The highest BCUT2D eigenvalue weighted by atomic mass is 16.5. The van der Waals surface area contributed by atoms with Gasteiger partial charge >= 0.3 is 0 Å². The van der Waals surface area contributed by atoms with Crippen molar-refractivity contribution >= 4 is 5.78 Å². The van der Waals surface area contributed by atoms with Gasteiger partial charge in [-0.1, -0.05) is 48.5 Å². The molecule has 0 aromatic heterocycles. The fraction of sp³-hybridized carbons (Fsp3) is 0.308. The van der Waals surface area contributed by atoms with E-state index in [1.807, 2.05) is 63.2 Å². The predicted octanol–water partition coefficient (Wildman–Crippen LogP) is 5.36. The Kier molecular flexibility index (Phi) is 5.46. The summed E-state index contributed by atoms with van der Waals surface area (Å²) in [6.45, 7) is 5.87. The molecular formula is C26H26N2O2. The number of hydrogen-bond donors (Lipinski definition) is 1. The Morgan fingerprint density at radius 3 is 2.47 bits per heavy atom. The highest BCUT2D eigenvalue weighted by Crippen LogP contribution is 2.47. The van der Waals surface area contributed by atoms with Crippen molar-refractivity contribution in [3.8, 4) is 11.8 Å². The normalized spacial score (nSPS) is 21.2. The highest BCUT2D eigenvalue weighted by molar-refractivity contribution is 6.00. The number of rotatable bonds is 4. The molecule has 1 heterocycles. The third-order valence-electron chi connectivity index (χ3n) is 5.81. The molecule has 0 bridgehead atoms. The molecule has 1 aliphatic heterocycles. The van der Waals surface area contributed by atoms with Crippen LogP contribution in [-0.4, -0.2) is 11.9 Å². The maximum Gasteiger partial charge on any atom is 0.162 e. The van der Waals surface area contributed by atoms with Crippen molar-refractivity contribution in [3.63, 3.8) is 0 Å². The molecule has 2 aliphatic rings. The van der Waals surface area contributed by atoms with Crippen LogP contribution >= 0.6 is 0 Å². The van der Waals surface area contributed by atoms with E-state index in [1.165, 1.54) is 5.56 Å². The van der Waals surface area contributed by atoms with Gasteiger partial charge in [-0.25, -0.2) is 0 Å². The van der Waals surface area contributed by atoms with Gasteiger partial charge in [-0.15, -0.1) is 0 Å². The fourth-order valence-electron chi connectivity index (χ4n) is 4.54. The van der Waals surface area contributed by atoms with Gasteiger partial charge in [-0.05, 0) is 44.7 Å². The van der Waals surface area contributed by atoms with Crippen LogP contribution in [0, 0.1) is 11.3 Å². The van der Waals surface area contributed by atoms with Gasteiger partial charge in [0.1, 0.15) is 5.75 Å². The van der Waals surface area contributed by atoms with Crippen LogP contribution in [0.4, 0.5) is 0 Å².